The van der Waals surface area contributed by atoms with Crippen molar-refractivity contribution in [3.63, 3.8) is 0 Å². The molecule has 2 amide bonds. The molecule has 126 valence electrons. The topological polar surface area (TPSA) is 78.4 Å². The van der Waals surface area contributed by atoms with Crippen molar-refractivity contribution in [1.82, 2.24) is 5.32 Å². The first-order chi connectivity index (χ1) is 11.4. The summed E-state index contributed by atoms with van der Waals surface area (Å²) in [5.41, 5.74) is 0.717. The number of carbonyl (C=O) groups excluding carboxylic acids is 2. The molecule has 0 saturated carbocycles. The molecule has 6 heteroatoms. The van der Waals surface area contributed by atoms with Gasteiger partial charge in [-0.3, -0.25) is 9.59 Å². The van der Waals surface area contributed by atoms with Gasteiger partial charge in [-0.1, -0.05) is 37.6 Å². The van der Waals surface area contributed by atoms with Crippen molar-refractivity contribution in [2.45, 2.75) is 19.9 Å². The minimum Gasteiger partial charge on any atom is -0.507 e. The Morgan fingerprint density at radius 1 is 1.04 bits per heavy atom. The summed E-state index contributed by atoms with van der Waals surface area (Å²) in [6, 6.07) is 12.2. The highest BCUT2D eigenvalue weighted by Gasteiger charge is 2.25. The van der Waals surface area contributed by atoms with Crippen molar-refractivity contribution in [1.29, 1.82) is 0 Å². The normalized spacial score (nSPS) is 11.8. The molecule has 3 N–H and O–H groups in total. The Balaban J connectivity index is 2.11. The number of anilines is 1. The van der Waals surface area contributed by atoms with Crippen LogP contribution >= 0.6 is 11.6 Å². The molecule has 0 radical (unpaired) electrons. The first-order valence-electron chi connectivity index (χ1n) is 7.53. The number of halogens is 1. The van der Waals surface area contributed by atoms with Crippen LogP contribution in [-0.4, -0.2) is 23.0 Å². The van der Waals surface area contributed by atoms with Crippen molar-refractivity contribution in [3.05, 3.63) is 59.1 Å². The van der Waals surface area contributed by atoms with Crippen molar-refractivity contribution >= 4 is 29.1 Å². The van der Waals surface area contributed by atoms with E-state index in [1.807, 2.05) is 13.8 Å². The largest absolute Gasteiger partial charge is 0.507 e. The Morgan fingerprint density at radius 2 is 1.67 bits per heavy atom. The van der Waals surface area contributed by atoms with Crippen LogP contribution in [0.3, 0.4) is 0 Å². The molecule has 0 aliphatic carbocycles. The van der Waals surface area contributed by atoms with Crippen molar-refractivity contribution in [2.24, 2.45) is 5.92 Å². The summed E-state index contributed by atoms with van der Waals surface area (Å²) in [5.74, 6) is -1.10. The molecule has 0 saturated heterocycles. The van der Waals surface area contributed by atoms with E-state index in [4.69, 9.17) is 11.6 Å². The maximum Gasteiger partial charge on any atom is 0.255 e. The molecule has 1 unspecified atom stereocenters. The third kappa shape index (κ3) is 4.49. The van der Waals surface area contributed by atoms with E-state index in [-0.39, 0.29) is 23.1 Å². The highest BCUT2D eigenvalue weighted by molar-refractivity contribution is 6.30. The number of amides is 2. The fraction of sp³-hybridized carbons (Fsp3) is 0.222. The van der Waals surface area contributed by atoms with Gasteiger partial charge >= 0.3 is 0 Å². The van der Waals surface area contributed by atoms with Gasteiger partial charge in [0.25, 0.3) is 5.91 Å². The molecule has 5 nitrogen and oxygen atoms in total. The van der Waals surface area contributed by atoms with E-state index in [2.05, 4.69) is 10.6 Å². The van der Waals surface area contributed by atoms with Gasteiger partial charge in [0.15, 0.2) is 0 Å². The first kappa shape index (κ1) is 17.8. The zero-order valence-corrected chi connectivity index (χ0v) is 14.2. The number of nitrogens with one attached hydrogen (secondary N) is 2. The van der Waals surface area contributed by atoms with Crippen molar-refractivity contribution in [3.8, 4) is 5.75 Å². The van der Waals surface area contributed by atoms with E-state index in [9.17, 15) is 14.7 Å². The Kier molecular flexibility index (Phi) is 5.82. The van der Waals surface area contributed by atoms with Crippen molar-refractivity contribution < 1.29 is 14.7 Å². The van der Waals surface area contributed by atoms with Gasteiger partial charge < -0.3 is 15.7 Å². The number of hydrogen-bond acceptors (Lipinski definition) is 3. The molecule has 0 bridgehead atoms. The van der Waals surface area contributed by atoms with E-state index < -0.39 is 11.9 Å². The summed E-state index contributed by atoms with van der Waals surface area (Å²) in [4.78, 5) is 24.8. The number of aromatic hydroxyl groups is 1. The number of rotatable bonds is 5. The van der Waals surface area contributed by atoms with Crippen LogP contribution in [0.25, 0.3) is 0 Å². The maximum absolute atomic E-state index is 12.5. The quantitative estimate of drug-likeness (QED) is 0.776. The second-order valence-electron chi connectivity index (χ2n) is 5.71. The molecule has 0 aliphatic rings. The Bertz CT molecular complexity index is 729. The number of para-hydroxylation sites is 1. The van der Waals surface area contributed by atoms with E-state index >= 15 is 0 Å². The predicted molar refractivity (Wildman–Crippen MR) is 94.3 cm³/mol. The lowest BCUT2D eigenvalue weighted by molar-refractivity contribution is -0.118. The molecular formula is C18H19ClN2O3. The SMILES string of the molecule is CC(C)C(NC(=O)c1ccccc1O)C(=O)Nc1ccc(Cl)cc1. The molecule has 0 aliphatic heterocycles. The van der Waals surface area contributed by atoms with Gasteiger partial charge in [-0.2, -0.15) is 0 Å². The fourth-order valence-corrected chi connectivity index (χ4v) is 2.30. The molecule has 1 atom stereocenters. The van der Waals surface area contributed by atoms with Gasteiger partial charge in [0, 0.05) is 10.7 Å². The molecule has 0 fully saturated rings. The smallest absolute Gasteiger partial charge is 0.255 e. The van der Waals surface area contributed by atoms with Crippen LogP contribution in [0.1, 0.15) is 24.2 Å². The third-order valence-electron chi connectivity index (χ3n) is 3.50. The molecule has 2 aromatic rings. The lowest BCUT2D eigenvalue weighted by Crippen LogP contribution is -2.47. The average molecular weight is 347 g/mol. The summed E-state index contributed by atoms with van der Waals surface area (Å²) >= 11 is 5.82. The van der Waals surface area contributed by atoms with Crippen LogP contribution in [0, 0.1) is 5.92 Å². The summed E-state index contributed by atoms with van der Waals surface area (Å²) in [7, 11) is 0. The van der Waals surface area contributed by atoms with Crippen LogP contribution < -0.4 is 10.6 Å². The number of phenolic OH excluding ortho intramolecular Hbond substituents is 1. The predicted octanol–water partition coefficient (Wildman–Crippen LogP) is 3.44. The van der Waals surface area contributed by atoms with Crippen LogP contribution in [0.4, 0.5) is 5.69 Å². The van der Waals surface area contributed by atoms with Crippen LogP contribution in [0.15, 0.2) is 48.5 Å². The monoisotopic (exact) mass is 346 g/mol. The first-order valence-corrected chi connectivity index (χ1v) is 7.91. The molecule has 0 heterocycles. The summed E-state index contributed by atoms with van der Waals surface area (Å²) < 4.78 is 0. The Hall–Kier alpha value is -2.53. The van der Waals surface area contributed by atoms with E-state index in [0.717, 1.165) is 0 Å². The molecule has 0 aromatic heterocycles. The summed E-state index contributed by atoms with van der Waals surface area (Å²) in [5, 5.41) is 15.7. The average Bonchev–Trinajstić information content (AvgIpc) is 2.54. The Morgan fingerprint density at radius 3 is 2.25 bits per heavy atom. The van der Waals surface area contributed by atoms with Gasteiger partial charge in [0.1, 0.15) is 11.8 Å². The Labute approximate surface area is 145 Å². The minimum atomic E-state index is -0.743. The molecule has 0 spiro atoms. The number of phenols is 1. The van der Waals surface area contributed by atoms with Gasteiger partial charge in [-0.05, 0) is 42.3 Å². The van der Waals surface area contributed by atoms with Crippen molar-refractivity contribution in [2.75, 3.05) is 5.32 Å². The highest BCUT2D eigenvalue weighted by atomic mass is 35.5. The lowest BCUT2D eigenvalue weighted by atomic mass is 10.0. The third-order valence-corrected chi connectivity index (χ3v) is 3.75. The fourth-order valence-electron chi connectivity index (χ4n) is 2.17. The second-order valence-corrected chi connectivity index (χ2v) is 6.14. The van der Waals surface area contributed by atoms with Gasteiger partial charge in [0.2, 0.25) is 5.91 Å². The zero-order valence-electron chi connectivity index (χ0n) is 13.4. The summed E-state index contributed by atoms with van der Waals surface area (Å²) in [6.45, 7) is 3.66. The molecule has 24 heavy (non-hydrogen) atoms. The maximum atomic E-state index is 12.5. The zero-order chi connectivity index (χ0) is 17.7. The lowest BCUT2D eigenvalue weighted by Gasteiger charge is -2.22. The van der Waals surface area contributed by atoms with E-state index in [1.165, 1.54) is 12.1 Å². The standard InChI is InChI=1S/C18H19ClN2O3/c1-11(2)16(18(24)20-13-9-7-12(19)8-10-13)21-17(23)14-5-3-4-6-15(14)22/h3-11,16,22H,1-2H3,(H,20,24)(H,21,23). The van der Waals surface area contributed by atoms with E-state index in [0.29, 0.717) is 10.7 Å². The van der Waals surface area contributed by atoms with Crippen LogP contribution in [-0.2, 0) is 4.79 Å². The molecule has 2 rings (SSSR count). The number of carbonyl (C=O) groups is 2. The van der Waals surface area contributed by atoms with Crippen LogP contribution in [0.5, 0.6) is 5.75 Å². The number of hydrogen-bond donors (Lipinski definition) is 3. The molecule has 2 aromatic carbocycles. The second kappa shape index (κ2) is 7.84. The van der Waals surface area contributed by atoms with E-state index in [1.54, 1.807) is 36.4 Å². The van der Waals surface area contributed by atoms with Gasteiger partial charge in [0.05, 0.1) is 5.56 Å². The van der Waals surface area contributed by atoms with Crippen LogP contribution in [0.2, 0.25) is 5.02 Å². The summed E-state index contributed by atoms with van der Waals surface area (Å²) in [6.07, 6.45) is 0. The van der Waals surface area contributed by atoms with Gasteiger partial charge in [-0.15, -0.1) is 0 Å². The minimum absolute atomic E-state index is 0.127. The molecular weight excluding hydrogens is 328 g/mol. The van der Waals surface area contributed by atoms with Gasteiger partial charge in [-0.25, -0.2) is 0 Å². The highest BCUT2D eigenvalue weighted by Crippen LogP contribution is 2.17. The number of benzene rings is 2.